The molecule has 2 rings (SSSR count). The van der Waals surface area contributed by atoms with Crippen molar-refractivity contribution >= 4 is 29.0 Å². The second-order valence-electron chi connectivity index (χ2n) is 3.93. The third-order valence-electron chi connectivity index (χ3n) is 2.41. The number of rotatable bonds is 5. The summed E-state index contributed by atoms with van der Waals surface area (Å²) in [7, 11) is 0. The maximum atomic E-state index is 11.4. The summed E-state index contributed by atoms with van der Waals surface area (Å²) in [6.07, 6.45) is -0.0237. The fourth-order valence-electron chi connectivity index (χ4n) is 1.56. The molecular formula is C12H14N4O3. The summed E-state index contributed by atoms with van der Waals surface area (Å²) in [4.78, 5) is 29.0. The van der Waals surface area contributed by atoms with Gasteiger partial charge >= 0.3 is 6.09 Å². The molecular weight excluding hydrogens is 248 g/mol. The summed E-state index contributed by atoms with van der Waals surface area (Å²) in [5, 5.41) is 2.48. The molecule has 0 radical (unpaired) electrons. The second-order valence-corrected chi connectivity index (χ2v) is 3.93. The van der Waals surface area contributed by atoms with Gasteiger partial charge in [0.2, 0.25) is 11.9 Å². The first-order chi connectivity index (χ1) is 9.15. The number of nitrogens with zero attached hydrogens (tertiary/aromatic N) is 1. The predicted molar refractivity (Wildman–Crippen MR) is 69.5 cm³/mol. The van der Waals surface area contributed by atoms with Crippen LogP contribution in [0.2, 0.25) is 0 Å². The van der Waals surface area contributed by atoms with Crippen molar-refractivity contribution in [1.29, 1.82) is 0 Å². The maximum absolute atomic E-state index is 11.4. The number of nitrogens with two attached hydrogens (primary N) is 1. The van der Waals surface area contributed by atoms with Crippen LogP contribution in [0.15, 0.2) is 24.3 Å². The standard InChI is InChI=1S/C12H14N4O3/c13-10(17)6-3-7-19-12(18)16-11-14-8-4-1-2-5-9(8)15-11/h1-2,4-5H,3,6-7H2,(H2,13,17)(H2,14,15,16,18). The number of hydrogen-bond donors (Lipinski definition) is 3. The zero-order chi connectivity index (χ0) is 13.7. The average Bonchev–Trinajstić information content (AvgIpc) is 2.76. The first-order valence-corrected chi connectivity index (χ1v) is 5.82. The van der Waals surface area contributed by atoms with Crippen molar-refractivity contribution in [3.8, 4) is 0 Å². The molecule has 0 bridgehead atoms. The number of H-pyrrole nitrogens is 1. The summed E-state index contributed by atoms with van der Waals surface area (Å²) >= 11 is 0. The van der Waals surface area contributed by atoms with E-state index in [9.17, 15) is 9.59 Å². The second kappa shape index (κ2) is 5.85. The number of amides is 2. The first-order valence-electron chi connectivity index (χ1n) is 5.82. The highest BCUT2D eigenvalue weighted by atomic mass is 16.5. The van der Waals surface area contributed by atoms with Gasteiger partial charge < -0.3 is 15.5 Å². The number of carbonyl (C=O) groups is 2. The quantitative estimate of drug-likeness (QED) is 0.707. The number of aromatic nitrogens is 2. The molecule has 0 fully saturated rings. The molecule has 7 heteroatoms. The molecule has 0 aliphatic carbocycles. The molecule has 19 heavy (non-hydrogen) atoms. The summed E-state index contributed by atoms with van der Waals surface area (Å²) in [6, 6.07) is 7.41. The van der Waals surface area contributed by atoms with Gasteiger partial charge in [0.25, 0.3) is 0 Å². The molecule has 1 heterocycles. The number of benzene rings is 1. The van der Waals surface area contributed by atoms with Gasteiger partial charge in [-0.2, -0.15) is 0 Å². The van der Waals surface area contributed by atoms with E-state index >= 15 is 0 Å². The predicted octanol–water partition coefficient (Wildman–Crippen LogP) is 1.38. The normalized spacial score (nSPS) is 10.3. The SMILES string of the molecule is NC(=O)CCCOC(=O)Nc1nc2ccccc2[nH]1. The van der Waals surface area contributed by atoms with Crippen molar-refractivity contribution in [2.45, 2.75) is 12.8 Å². The minimum absolute atomic E-state index is 0.134. The largest absolute Gasteiger partial charge is 0.449 e. The molecule has 7 nitrogen and oxygen atoms in total. The molecule has 0 unspecified atom stereocenters. The Bertz CT molecular complexity index is 560. The van der Waals surface area contributed by atoms with Crippen molar-refractivity contribution in [2.24, 2.45) is 5.73 Å². The van der Waals surface area contributed by atoms with Gasteiger partial charge in [-0.15, -0.1) is 0 Å². The van der Waals surface area contributed by atoms with Crippen molar-refractivity contribution in [3.05, 3.63) is 24.3 Å². The molecule has 2 amide bonds. The Morgan fingerprint density at radius 2 is 2.16 bits per heavy atom. The lowest BCUT2D eigenvalue weighted by atomic mass is 10.3. The molecule has 0 atom stereocenters. The Labute approximate surface area is 109 Å². The van der Waals surface area contributed by atoms with Gasteiger partial charge in [-0.25, -0.2) is 9.78 Å². The topological polar surface area (TPSA) is 110 Å². The van der Waals surface area contributed by atoms with Crippen molar-refractivity contribution < 1.29 is 14.3 Å². The fourth-order valence-corrected chi connectivity index (χ4v) is 1.56. The number of hydrogen-bond acceptors (Lipinski definition) is 4. The minimum Gasteiger partial charge on any atom is -0.449 e. The number of carbonyl (C=O) groups excluding carboxylic acids is 2. The molecule has 0 aliphatic rings. The number of ether oxygens (including phenoxy) is 1. The molecule has 1 aromatic carbocycles. The Balaban J connectivity index is 1.83. The number of nitrogens with one attached hydrogen (secondary N) is 2. The van der Waals surface area contributed by atoms with E-state index in [0.717, 1.165) is 11.0 Å². The van der Waals surface area contributed by atoms with Crippen LogP contribution in [0, 0.1) is 0 Å². The highest BCUT2D eigenvalue weighted by molar-refractivity contribution is 5.86. The fraction of sp³-hybridized carbons (Fsp3) is 0.250. The molecule has 0 spiro atoms. The summed E-state index contributed by atoms with van der Waals surface area (Å²) in [5.41, 5.74) is 6.55. The van der Waals surface area contributed by atoms with E-state index < -0.39 is 12.0 Å². The van der Waals surface area contributed by atoms with Gasteiger partial charge in [-0.3, -0.25) is 10.1 Å². The van der Waals surface area contributed by atoms with Gasteiger partial charge in [-0.05, 0) is 18.6 Å². The van der Waals surface area contributed by atoms with E-state index in [-0.39, 0.29) is 13.0 Å². The van der Waals surface area contributed by atoms with Crippen molar-refractivity contribution in [3.63, 3.8) is 0 Å². The molecule has 0 aliphatic heterocycles. The lowest BCUT2D eigenvalue weighted by molar-refractivity contribution is -0.118. The molecule has 1 aromatic heterocycles. The molecule has 4 N–H and O–H groups in total. The number of imidazole rings is 1. The lowest BCUT2D eigenvalue weighted by Crippen LogP contribution is -2.17. The highest BCUT2D eigenvalue weighted by Gasteiger charge is 2.07. The third-order valence-corrected chi connectivity index (χ3v) is 2.41. The van der Waals surface area contributed by atoms with Crippen LogP contribution in [-0.4, -0.2) is 28.6 Å². The number of para-hydroxylation sites is 2. The zero-order valence-corrected chi connectivity index (χ0v) is 10.2. The van der Waals surface area contributed by atoms with Crippen LogP contribution in [0.3, 0.4) is 0 Å². The lowest BCUT2D eigenvalue weighted by Gasteiger charge is -2.03. The summed E-state index contributed by atoms with van der Waals surface area (Å²) < 4.78 is 4.87. The minimum atomic E-state index is -0.622. The van der Waals surface area contributed by atoms with E-state index in [0.29, 0.717) is 12.4 Å². The third kappa shape index (κ3) is 3.70. The first kappa shape index (κ1) is 12.9. The van der Waals surface area contributed by atoms with E-state index in [1.165, 1.54) is 0 Å². The summed E-state index contributed by atoms with van der Waals surface area (Å²) in [5.74, 6) is -0.0950. The van der Waals surface area contributed by atoms with Crippen LogP contribution in [-0.2, 0) is 9.53 Å². The van der Waals surface area contributed by atoms with Gasteiger partial charge in [-0.1, -0.05) is 12.1 Å². The van der Waals surface area contributed by atoms with E-state index in [4.69, 9.17) is 10.5 Å². The van der Waals surface area contributed by atoms with Gasteiger partial charge in [0.1, 0.15) is 0 Å². The molecule has 100 valence electrons. The van der Waals surface area contributed by atoms with E-state index in [1.807, 2.05) is 24.3 Å². The van der Waals surface area contributed by atoms with E-state index in [1.54, 1.807) is 0 Å². The van der Waals surface area contributed by atoms with Crippen LogP contribution in [0.5, 0.6) is 0 Å². The van der Waals surface area contributed by atoms with Crippen LogP contribution < -0.4 is 11.1 Å². The molecule has 0 saturated heterocycles. The number of fused-ring (bicyclic) bond motifs is 1. The molecule has 2 aromatic rings. The van der Waals surface area contributed by atoms with Gasteiger partial charge in [0.05, 0.1) is 17.6 Å². The van der Waals surface area contributed by atoms with E-state index in [2.05, 4.69) is 15.3 Å². The van der Waals surface area contributed by atoms with Crippen LogP contribution in [0.4, 0.5) is 10.7 Å². The van der Waals surface area contributed by atoms with Crippen LogP contribution in [0.1, 0.15) is 12.8 Å². The Morgan fingerprint density at radius 1 is 1.37 bits per heavy atom. The van der Waals surface area contributed by atoms with Gasteiger partial charge in [0.15, 0.2) is 0 Å². The highest BCUT2D eigenvalue weighted by Crippen LogP contribution is 2.13. The van der Waals surface area contributed by atoms with Gasteiger partial charge in [0, 0.05) is 6.42 Å². The number of aromatic amines is 1. The average molecular weight is 262 g/mol. The monoisotopic (exact) mass is 262 g/mol. The summed E-state index contributed by atoms with van der Waals surface area (Å²) in [6.45, 7) is 0.134. The number of anilines is 1. The maximum Gasteiger partial charge on any atom is 0.413 e. The van der Waals surface area contributed by atoms with Crippen LogP contribution >= 0.6 is 0 Å². The zero-order valence-electron chi connectivity index (χ0n) is 10.2. The Hall–Kier alpha value is -2.57. The Kier molecular flexibility index (Phi) is 3.97. The van der Waals surface area contributed by atoms with Crippen LogP contribution in [0.25, 0.3) is 11.0 Å². The Morgan fingerprint density at radius 3 is 2.89 bits per heavy atom. The van der Waals surface area contributed by atoms with Crippen molar-refractivity contribution in [1.82, 2.24) is 9.97 Å². The number of primary amides is 1. The molecule has 0 saturated carbocycles. The van der Waals surface area contributed by atoms with Crippen molar-refractivity contribution in [2.75, 3.05) is 11.9 Å². The smallest absolute Gasteiger partial charge is 0.413 e.